The van der Waals surface area contributed by atoms with E-state index in [-0.39, 0.29) is 17.5 Å². The molecule has 0 spiro atoms. The molecule has 1 aliphatic carbocycles. The highest BCUT2D eigenvalue weighted by atomic mass is 16.2. The van der Waals surface area contributed by atoms with Crippen molar-refractivity contribution in [3.05, 3.63) is 0 Å². The summed E-state index contributed by atoms with van der Waals surface area (Å²) in [6, 6.07) is 0.258. The van der Waals surface area contributed by atoms with Crippen LogP contribution in [-0.4, -0.2) is 28.9 Å². The topological polar surface area (TPSA) is 46.3 Å². The molecule has 2 rings (SSSR count). The van der Waals surface area contributed by atoms with Gasteiger partial charge in [-0.05, 0) is 39.5 Å². The highest BCUT2D eigenvalue weighted by molar-refractivity contribution is 5.80. The molecule has 0 aromatic carbocycles. The molecule has 1 saturated heterocycles. The van der Waals surface area contributed by atoms with E-state index >= 15 is 0 Å². The minimum atomic E-state index is 0.101. The summed E-state index contributed by atoms with van der Waals surface area (Å²) in [6.07, 6.45) is 4.04. The second-order valence-electron chi connectivity index (χ2n) is 5.32. The van der Waals surface area contributed by atoms with Gasteiger partial charge in [0.25, 0.3) is 0 Å². The first-order valence-electron chi connectivity index (χ1n) is 5.58. The third-order valence-electron chi connectivity index (χ3n) is 3.77. The van der Waals surface area contributed by atoms with E-state index in [0.717, 1.165) is 32.2 Å². The Labute approximate surface area is 85.6 Å². The molecule has 2 fully saturated rings. The Morgan fingerprint density at radius 2 is 2.14 bits per heavy atom. The fraction of sp³-hybridized carbons (Fsp3) is 0.909. The fourth-order valence-electron chi connectivity index (χ4n) is 2.54. The van der Waals surface area contributed by atoms with Crippen LogP contribution in [0.25, 0.3) is 0 Å². The summed E-state index contributed by atoms with van der Waals surface area (Å²) in [6.45, 7) is 5.23. The molecule has 1 saturated carbocycles. The van der Waals surface area contributed by atoms with Crippen molar-refractivity contribution < 1.29 is 4.79 Å². The summed E-state index contributed by atoms with van der Waals surface area (Å²) in [7, 11) is 0. The van der Waals surface area contributed by atoms with Gasteiger partial charge in [-0.1, -0.05) is 0 Å². The minimum Gasteiger partial charge on any atom is -0.337 e. The zero-order valence-corrected chi connectivity index (χ0v) is 9.12. The van der Waals surface area contributed by atoms with Crippen LogP contribution in [0, 0.1) is 5.92 Å². The van der Waals surface area contributed by atoms with E-state index in [1.165, 1.54) is 0 Å². The van der Waals surface area contributed by atoms with Crippen molar-refractivity contribution in [3.63, 3.8) is 0 Å². The van der Waals surface area contributed by atoms with Gasteiger partial charge < -0.3 is 10.6 Å². The molecule has 0 radical (unpaired) electrons. The van der Waals surface area contributed by atoms with Crippen LogP contribution in [-0.2, 0) is 4.79 Å². The van der Waals surface area contributed by atoms with Crippen molar-refractivity contribution in [2.75, 3.05) is 6.54 Å². The molecule has 0 bridgehead atoms. The Morgan fingerprint density at radius 3 is 2.50 bits per heavy atom. The third kappa shape index (κ3) is 1.54. The van der Waals surface area contributed by atoms with E-state index in [1.54, 1.807) is 0 Å². The van der Waals surface area contributed by atoms with Gasteiger partial charge in [0.15, 0.2) is 0 Å². The number of amides is 1. The summed E-state index contributed by atoms with van der Waals surface area (Å²) in [4.78, 5) is 14.1. The molecule has 0 aromatic rings. The van der Waals surface area contributed by atoms with E-state index in [0.29, 0.717) is 5.91 Å². The quantitative estimate of drug-likeness (QED) is 0.683. The van der Waals surface area contributed by atoms with Gasteiger partial charge in [-0.2, -0.15) is 0 Å². The largest absolute Gasteiger partial charge is 0.337 e. The van der Waals surface area contributed by atoms with Crippen molar-refractivity contribution in [3.8, 4) is 0 Å². The van der Waals surface area contributed by atoms with Gasteiger partial charge >= 0.3 is 0 Å². The van der Waals surface area contributed by atoms with Crippen molar-refractivity contribution in [2.24, 2.45) is 11.7 Å². The average molecular weight is 196 g/mol. The van der Waals surface area contributed by atoms with E-state index in [2.05, 4.69) is 13.8 Å². The number of likely N-dealkylation sites (tertiary alicyclic amines) is 1. The highest BCUT2D eigenvalue weighted by Crippen LogP contribution is 2.34. The predicted octanol–water partition coefficient (Wildman–Crippen LogP) is 1.12. The lowest BCUT2D eigenvalue weighted by Gasteiger charge is -2.49. The van der Waals surface area contributed by atoms with Crippen molar-refractivity contribution >= 4 is 5.91 Å². The molecule has 2 unspecified atom stereocenters. The summed E-state index contributed by atoms with van der Waals surface area (Å²) in [5, 5.41) is 0. The molecular formula is C11H20N2O. The van der Waals surface area contributed by atoms with Gasteiger partial charge in [-0.3, -0.25) is 4.79 Å². The summed E-state index contributed by atoms with van der Waals surface area (Å²) in [5.74, 6) is 0.554. The molecule has 1 amide bonds. The second kappa shape index (κ2) is 3.23. The van der Waals surface area contributed by atoms with E-state index in [1.807, 2.05) is 4.90 Å². The second-order valence-corrected chi connectivity index (χ2v) is 5.32. The average Bonchev–Trinajstić information content (AvgIpc) is 2.50. The van der Waals surface area contributed by atoms with Gasteiger partial charge in [0, 0.05) is 24.0 Å². The molecule has 3 heteroatoms. The van der Waals surface area contributed by atoms with Crippen molar-refractivity contribution in [2.45, 2.75) is 51.1 Å². The lowest BCUT2D eigenvalue weighted by Crippen LogP contribution is -2.59. The van der Waals surface area contributed by atoms with Crippen LogP contribution >= 0.6 is 0 Å². The number of nitrogens with zero attached hydrogens (tertiary/aromatic N) is 1. The molecule has 1 heterocycles. The Balaban J connectivity index is 1.96. The molecule has 3 nitrogen and oxygen atoms in total. The van der Waals surface area contributed by atoms with Crippen LogP contribution in [0.3, 0.4) is 0 Å². The smallest absolute Gasteiger partial charge is 0.226 e. The van der Waals surface area contributed by atoms with Crippen LogP contribution in [0.1, 0.15) is 39.5 Å². The minimum absolute atomic E-state index is 0.101. The molecule has 1 aliphatic heterocycles. The maximum absolute atomic E-state index is 12.1. The molecular weight excluding hydrogens is 176 g/mol. The Hall–Kier alpha value is -0.570. The van der Waals surface area contributed by atoms with Crippen LogP contribution in [0.2, 0.25) is 0 Å². The predicted molar refractivity (Wildman–Crippen MR) is 55.7 cm³/mol. The zero-order chi connectivity index (χ0) is 10.3. The fourth-order valence-corrected chi connectivity index (χ4v) is 2.54. The Bertz CT molecular complexity index is 250. The summed E-state index contributed by atoms with van der Waals surface area (Å²) in [5.41, 5.74) is 5.92. The van der Waals surface area contributed by atoms with Crippen LogP contribution in [0.4, 0.5) is 0 Å². The van der Waals surface area contributed by atoms with Crippen molar-refractivity contribution in [1.82, 2.24) is 4.90 Å². The monoisotopic (exact) mass is 196 g/mol. The maximum atomic E-state index is 12.1. The normalized spacial score (nSPS) is 35.5. The summed E-state index contributed by atoms with van der Waals surface area (Å²) >= 11 is 0. The van der Waals surface area contributed by atoms with Crippen molar-refractivity contribution in [1.29, 1.82) is 0 Å². The molecule has 2 N–H and O–H groups in total. The van der Waals surface area contributed by atoms with Crippen LogP contribution < -0.4 is 5.73 Å². The maximum Gasteiger partial charge on any atom is 0.226 e. The number of hydrogen-bond donors (Lipinski definition) is 1. The van der Waals surface area contributed by atoms with Crippen LogP contribution in [0.5, 0.6) is 0 Å². The number of carbonyl (C=O) groups excluding carboxylic acids is 1. The lowest BCUT2D eigenvalue weighted by atomic mass is 9.87. The zero-order valence-electron chi connectivity index (χ0n) is 9.12. The van der Waals surface area contributed by atoms with E-state index in [9.17, 15) is 4.79 Å². The number of rotatable bonds is 1. The number of hydrogen-bond acceptors (Lipinski definition) is 2. The van der Waals surface area contributed by atoms with E-state index in [4.69, 9.17) is 5.73 Å². The van der Waals surface area contributed by atoms with Gasteiger partial charge in [-0.25, -0.2) is 0 Å². The first-order chi connectivity index (χ1) is 6.50. The van der Waals surface area contributed by atoms with E-state index < -0.39 is 0 Å². The Kier molecular flexibility index (Phi) is 2.30. The summed E-state index contributed by atoms with van der Waals surface area (Å²) < 4.78 is 0. The SMILES string of the molecule is CC1(C)CCN1C(=O)C1CCC(N)C1. The number of carbonyl (C=O) groups is 1. The first kappa shape index (κ1) is 9.97. The van der Waals surface area contributed by atoms with Gasteiger partial charge in [0.1, 0.15) is 0 Å². The first-order valence-corrected chi connectivity index (χ1v) is 5.58. The van der Waals surface area contributed by atoms with Gasteiger partial charge in [0.2, 0.25) is 5.91 Å². The third-order valence-corrected chi connectivity index (χ3v) is 3.77. The number of nitrogens with two attached hydrogens (primary N) is 1. The molecule has 14 heavy (non-hydrogen) atoms. The highest BCUT2D eigenvalue weighted by Gasteiger charge is 2.42. The lowest BCUT2D eigenvalue weighted by molar-refractivity contribution is -0.149. The van der Waals surface area contributed by atoms with Crippen LogP contribution in [0.15, 0.2) is 0 Å². The Morgan fingerprint density at radius 1 is 1.43 bits per heavy atom. The molecule has 2 atom stereocenters. The standard InChI is InChI=1S/C11H20N2O/c1-11(2)5-6-13(11)10(14)8-3-4-9(12)7-8/h8-9H,3-7,12H2,1-2H3. The molecule has 0 aromatic heterocycles. The van der Waals surface area contributed by atoms with Gasteiger partial charge in [-0.15, -0.1) is 0 Å². The molecule has 80 valence electrons. The van der Waals surface area contributed by atoms with Gasteiger partial charge in [0.05, 0.1) is 0 Å². The molecule has 2 aliphatic rings.